The van der Waals surface area contributed by atoms with Crippen LogP contribution in [0.5, 0.6) is 5.75 Å². The van der Waals surface area contributed by atoms with Gasteiger partial charge in [0.25, 0.3) is 0 Å². The second-order valence-electron chi connectivity index (χ2n) is 5.36. The number of ether oxygens (including phenoxy) is 1. The van der Waals surface area contributed by atoms with Crippen LogP contribution >= 0.6 is 0 Å². The fourth-order valence-electron chi connectivity index (χ4n) is 2.12. The number of nitrogens with two attached hydrogens (primary N) is 1. The molecule has 7 heteroatoms. The summed E-state index contributed by atoms with van der Waals surface area (Å²) in [5.41, 5.74) is 7.10. The van der Waals surface area contributed by atoms with Crippen LogP contribution in [0.4, 0.5) is 5.69 Å². The molecule has 1 heterocycles. The highest BCUT2D eigenvalue weighted by molar-refractivity contribution is 6.63. The summed E-state index contributed by atoms with van der Waals surface area (Å²) in [5, 5.41) is 18.9. The molecule has 1 unspecified atom stereocenters. The molecule has 0 bridgehead atoms. The number of nitrogens with zero attached hydrogens (tertiary/aromatic N) is 2. The van der Waals surface area contributed by atoms with Crippen LogP contribution in [0, 0.1) is 11.3 Å². The number of hydrogen-bond donors (Lipinski definition) is 2. The fraction of sp³-hybridized carbons (Fsp3) is 0.462. The van der Waals surface area contributed by atoms with E-state index >= 15 is 0 Å². The van der Waals surface area contributed by atoms with E-state index in [4.69, 9.17) is 20.4 Å². The summed E-state index contributed by atoms with van der Waals surface area (Å²) >= 11 is 0. The monoisotopic (exact) mass is 275 g/mol. The second-order valence-corrected chi connectivity index (χ2v) is 5.36. The van der Waals surface area contributed by atoms with Crippen LogP contribution in [0.15, 0.2) is 12.1 Å². The average Bonchev–Trinajstić information content (AvgIpc) is 2.77. The molecule has 2 rings (SSSR count). The maximum Gasteiger partial charge on any atom is 0.494 e. The number of hydrogen-bond acceptors (Lipinski definition) is 6. The van der Waals surface area contributed by atoms with Crippen LogP contribution in [0.1, 0.15) is 12.5 Å². The van der Waals surface area contributed by atoms with Crippen molar-refractivity contribution in [2.45, 2.75) is 19.1 Å². The Morgan fingerprint density at radius 2 is 2.30 bits per heavy atom. The van der Waals surface area contributed by atoms with Crippen LogP contribution in [-0.2, 0) is 11.3 Å². The minimum atomic E-state index is -1.06. The maximum absolute atomic E-state index is 9.93. The molecule has 106 valence electrons. The molecule has 0 fully saturated rings. The first kappa shape index (κ1) is 14.7. The molecule has 20 heavy (non-hydrogen) atoms. The lowest BCUT2D eigenvalue weighted by atomic mass is 9.77. The Morgan fingerprint density at radius 3 is 2.90 bits per heavy atom. The van der Waals surface area contributed by atoms with Crippen molar-refractivity contribution in [3.63, 3.8) is 0 Å². The van der Waals surface area contributed by atoms with Gasteiger partial charge in [0.15, 0.2) is 0 Å². The molecule has 3 N–H and O–H groups in total. The van der Waals surface area contributed by atoms with Crippen molar-refractivity contribution in [1.82, 2.24) is 0 Å². The minimum absolute atomic E-state index is 0.0695. The van der Waals surface area contributed by atoms with Crippen LogP contribution in [0.3, 0.4) is 0 Å². The normalized spacial score (nSPS) is 16.3. The van der Waals surface area contributed by atoms with Crippen LogP contribution in [0.2, 0.25) is 0 Å². The van der Waals surface area contributed by atoms with Gasteiger partial charge in [-0.1, -0.05) is 6.07 Å². The predicted octanol–water partition coefficient (Wildman–Crippen LogP) is -0.410. The highest BCUT2D eigenvalue weighted by Crippen LogP contribution is 2.30. The van der Waals surface area contributed by atoms with Gasteiger partial charge < -0.3 is 25.0 Å². The topological polar surface area (TPSA) is 91.7 Å². The second kappa shape index (κ2) is 5.33. The summed E-state index contributed by atoms with van der Waals surface area (Å²) in [5.74, 6) is 0.574. The third-order valence-electron chi connectivity index (χ3n) is 3.14. The van der Waals surface area contributed by atoms with E-state index in [1.54, 1.807) is 6.92 Å². The zero-order valence-electron chi connectivity index (χ0n) is 11.9. The molecule has 0 aliphatic carbocycles. The molecule has 1 atom stereocenters. The lowest BCUT2D eigenvalue weighted by Crippen LogP contribution is -2.41. The molecular formula is C13H18BN3O3. The van der Waals surface area contributed by atoms with Crippen molar-refractivity contribution in [1.29, 1.82) is 5.26 Å². The SMILES string of the molecule is CN(C)c1c(OCC(C)(N)C#N)ccc2c1B(O)OC2. The third-order valence-corrected chi connectivity index (χ3v) is 3.14. The average molecular weight is 275 g/mol. The summed E-state index contributed by atoms with van der Waals surface area (Å²) in [4.78, 5) is 1.85. The van der Waals surface area contributed by atoms with E-state index in [1.165, 1.54) is 0 Å². The number of nitriles is 1. The van der Waals surface area contributed by atoms with Gasteiger partial charge in [-0.15, -0.1) is 0 Å². The zero-order chi connectivity index (χ0) is 14.9. The first-order valence-corrected chi connectivity index (χ1v) is 6.31. The molecule has 0 saturated heterocycles. The van der Waals surface area contributed by atoms with Crippen molar-refractivity contribution >= 4 is 18.3 Å². The smallest absolute Gasteiger partial charge is 0.488 e. The molecule has 0 aromatic heterocycles. The summed E-state index contributed by atoms with van der Waals surface area (Å²) in [7, 11) is 2.77. The van der Waals surface area contributed by atoms with E-state index < -0.39 is 12.7 Å². The van der Waals surface area contributed by atoms with E-state index in [-0.39, 0.29) is 6.61 Å². The molecule has 0 radical (unpaired) electrons. The Bertz CT molecular complexity index is 555. The first-order valence-electron chi connectivity index (χ1n) is 6.31. The Morgan fingerprint density at radius 1 is 1.60 bits per heavy atom. The van der Waals surface area contributed by atoms with Crippen molar-refractivity contribution in [3.8, 4) is 11.8 Å². The van der Waals surface area contributed by atoms with Gasteiger partial charge in [-0.3, -0.25) is 0 Å². The standard InChI is InChI=1S/C13H18BN3O3/c1-13(16,7-15)8-19-10-5-4-9-6-20-14(18)11(9)12(10)17(2)3/h4-5,18H,6,8,16H2,1-3H3. The van der Waals surface area contributed by atoms with Gasteiger partial charge in [-0.2, -0.15) is 5.26 Å². The van der Waals surface area contributed by atoms with Crippen molar-refractivity contribution in [2.24, 2.45) is 5.73 Å². The number of benzene rings is 1. The summed E-state index contributed by atoms with van der Waals surface area (Å²) in [6, 6.07) is 5.65. The molecule has 0 spiro atoms. The molecule has 1 aromatic rings. The molecule has 0 amide bonds. The van der Waals surface area contributed by atoms with Gasteiger partial charge in [-0.25, -0.2) is 0 Å². The molecule has 1 aliphatic rings. The third kappa shape index (κ3) is 2.73. The van der Waals surface area contributed by atoms with Gasteiger partial charge in [0.1, 0.15) is 17.9 Å². The number of fused-ring (bicyclic) bond motifs is 1. The molecule has 6 nitrogen and oxygen atoms in total. The Balaban J connectivity index is 2.35. The van der Waals surface area contributed by atoms with Gasteiger partial charge in [0, 0.05) is 19.6 Å². The lowest BCUT2D eigenvalue weighted by molar-refractivity contribution is 0.265. The quantitative estimate of drug-likeness (QED) is 0.726. The molecule has 1 aromatic carbocycles. The van der Waals surface area contributed by atoms with Crippen molar-refractivity contribution in [2.75, 3.05) is 25.6 Å². The van der Waals surface area contributed by atoms with Crippen LogP contribution < -0.4 is 20.8 Å². The van der Waals surface area contributed by atoms with E-state index in [2.05, 4.69) is 0 Å². The Kier molecular flexibility index (Phi) is 3.90. The highest BCUT2D eigenvalue weighted by Gasteiger charge is 2.33. The van der Waals surface area contributed by atoms with Crippen molar-refractivity contribution < 1.29 is 14.4 Å². The summed E-state index contributed by atoms with van der Waals surface area (Å²) in [6.45, 7) is 2.05. The summed E-state index contributed by atoms with van der Waals surface area (Å²) in [6.07, 6.45) is 0. The minimum Gasteiger partial charge on any atom is -0.488 e. The predicted molar refractivity (Wildman–Crippen MR) is 76.9 cm³/mol. The van der Waals surface area contributed by atoms with Gasteiger partial charge in [-0.05, 0) is 18.6 Å². The first-order chi connectivity index (χ1) is 9.35. The van der Waals surface area contributed by atoms with Crippen LogP contribution in [-0.4, -0.2) is 38.4 Å². The zero-order valence-corrected chi connectivity index (χ0v) is 11.9. The van der Waals surface area contributed by atoms with Gasteiger partial charge >= 0.3 is 7.12 Å². The Hall–Kier alpha value is -1.75. The molecular weight excluding hydrogens is 257 g/mol. The lowest BCUT2D eigenvalue weighted by Gasteiger charge is -2.23. The number of rotatable bonds is 4. The van der Waals surface area contributed by atoms with Gasteiger partial charge in [0.2, 0.25) is 0 Å². The largest absolute Gasteiger partial charge is 0.494 e. The summed E-state index contributed by atoms with van der Waals surface area (Å²) < 4.78 is 10.9. The number of anilines is 1. The van der Waals surface area contributed by atoms with E-state index in [0.717, 1.165) is 11.3 Å². The fourth-order valence-corrected chi connectivity index (χ4v) is 2.12. The van der Waals surface area contributed by atoms with Crippen LogP contribution in [0.25, 0.3) is 0 Å². The highest BCUT2D eigenvalue weighted by atomic mass is 16.5. The van der Waals surface area contributed by atoms with Gasteiger partial charge in [0.05, 0.1) is 18.4 Å². The van der Waals surface area contributed by atoms with E-state index in [9.17, 15) is 5.02 Å². The van der Waals surface area contributed by atoms with E-state index in [1.807, 2.05) is 37.2 Å². The maximum atomic E-state index is 9.93. The van der Waals surface area contributed by atoms with E-state index in [0.29, 0.717) is 17.8 Å². The Labute approximate surface area is 118 Å². The molecule has 1 aliphatic heterocycles. The van der Waals surface area contributed by atoms with Crippen molar-refractivity contribution in [3.05, 3.63) is 17.7 Å². The molecule has 0 saturated carbocycles.